The van der Waals surface area contributed by atoms with Crippen LogP contribution in [-0.4, -0.2) is 177 Å². The molecule has 0 aromatic rings. The Balaban J connectivity index is 0.915. The summed E-state index contributed by atoms with van der Waals surface area (Å²) < 4.78 is 41.6. The number of halogens is 1. The van der Waals surface area contributed by atoms with Crippen LogP contribution in [0.15, 0.2) is 11.8 Å². The van der Waals surface area contributed by atoms with Crippen LogP contribution in [0, 0.1) is 17.8 Å². The maximum absolute atomic E-state index is 16.8. The third-order valence-electron chi connectivity index (χ3n) is 14.5. The van der Waals surface area contributed by atoms with E-state index in [2.05, 4.69) is 30.2 Å². The number of likely N-dealkylation sites (tertiary alicyclic amines) is 1. The first-order chi connectivity index (χ1) is 26.4. The van der Waals surface area contributed by atoms with Crippen LogP contribution in [0.1, 0.15) is 64.2 Å². The quantitative estimate of drug-likeness (QED) is 0.246. The van der Waals surface area contributed by atoms with Crippen LogP contribution in [0.3, 0.4) is 0 Å². The fourth-order valence-corrected chi connectivity index (χ4v) is 11.8. The van der Waals surface area contributed by atoms with Crippen molar-refractivity contribution < 1.29 is 37.7 Å². The topological polar surface area (TPSA) is 125 Å². The van der Waals surface area contributed by atoms with E-state index in [0.717, 1.165) is 78.0 Å². The predicted molar refractivity (Wildman–Crippen MR) is 196 cm³/mol. The van der Waals surface area contributed by atoms with Gasteiger partial charge in [0.15, 0.2) is 5.78 Å². The minimum absolute atomic E-state index is 0.0308. The lowest BCUT2D eigenvalue weighted by Crippen LogP contribution is -2.73. The Morgan fingerprint density at radius 3 is 2.37 bits per heavy atom. The Morgan fingerprint density at radius 2 is 1.57 bits per heavy atom. The van der Waals surface area contributed by atoms with Gasteiger partial charge in [-0.05, 0) is 63.3 Å². The average molecular weight is 757 g/mol. The van der Waals surface area contributed by atoms with E-state index in [9.17, 15) is 14.4 Å². The highest BCUT2D eigenvalue weighted by Gasteiger charge is 2.62. The molecule has 0 aromatic heterocycles. The first-order valence-corrected chi connectivity index (χ1v) is 21.3. The number of carbonyl (C=O) groups excluding carboxylic acids is 3. The molecule has 2 N–H and O–H groups in total. The van der Waals surface area contributed by atoms with Crippen molar-refractivity contribution in [3.63, 3.8) is 0 Å². The summed E-state index contributed by atoms with van der Waals surface area (Å²) in [7, 11) is 0. The van der Waals surface area contributed by atoms with Gasteiger partial charge in [-0.2, -0.15) is 0 Å². The molecule has 11 unspecified atom stereocenters. The van der Waals surface area contributed by atoms with Gasteiger partial charge in [-0.3, -0.25) is 29.1 Å². The molecular weight excluding hydrogens is 695 g/mol. The summed E-state index contributed by atoms with van der Waals surface area (Å²) >= 11 is 0. The zero-order valence-electron chi connectivity index (χ0n) is 31.8. The SMILES string of the molecule is O=C(CCN1CCOCC1)N[C@@H]1CCN(C2C(F)CC3C(=O)C(C(=O)NCCCN4CCOCC4)=CN4C5CC6OC7CCCCC7C6CC5OC2C34)C1. The van der Waals surface area contributed by atoms with Gasteiger partial charge in [0.2, 0.25) is 5.91 Å². The molecule has 300 valence electrons. The second kappa shape index (κ2) is 16.3. The average Bonchev–Trinajstić information content (AvgIpc) is 3.80. The van der Waals surface area contributed by atoms with E-state index in [0.29, 0.717) is 63.8 Å². The molecule has 13 nitrogen and oxygen atoms in total. The fourth-order valence-electron chi connectivity index (χ4n) is 11.8. The standard InChI is InChI=1S/C40H61FN6O7/c41-30-20-28-36-39(37(30)46-11-6-25(23-46)43-35(48)7-10-45-14-18-52-19-15-45)54-34-21-27-26-4-1-2-5-32(26)53-33(27)22-31(34)47(36)24-29(38(28)49)40(50)42-8-3-9-44-12-16-51-17-13-44/h24-28,30-34,36-37,39H,1-23H2,(H,42,50)(H,43,48)/t25-,26?,27?,28?,30?,31?,32?,33?,34?,36?,37?,39?/m1/s1. The van der Waals surface area contributed by atoms with Gasteiger partial charge in [-0.25, -0.2) is 4.39 Å². The third kappa shape index (κ3) is 7.49. The summed E-state index contributed by atoms with van der Waals surface area (Å²) in [5.74, 6) is -0.300. The number of morpholine rings is 3. The molecule has 12 atom stereocenters. The largest absolute Gasteiger partial charge is 0.379 e. The molecule has 3 aliphatic carbocycles. The van der Waals surface area contributed by atoms with Crippen molar-refractivity contribution in [3.05, 3.63) is 11.8 Å². The molecular formula is C40H61FN6O7. The lowest BCUT2D eigenvalue weighted by atomic mass is 9.67. The molecule has 0 radical (unpaired) electrons. The predicted octanol–water partition coefficient (Wildman–Crippen LogP) is 1.11. The lowest BCUT2D eigenvalue weighted by molar-refractivity contribution is -0.220. The number of hydrogen-bond acceptors (Lipinski definition) is 11. The van der Waals surface area contributed by atoms with E-state index in [1.54, 1.807) is 0 Å². The summed E-state index contributed by atoms with van der Waals surface area (Å²) in [5, 5.41) is 6.27. The van der Waals surface area contributed by atoms with Crippen LogP contribution in [0.2, 0.25) is 0 Å². The van der Waals surface area contributed by atoms with E-state index >= 15 is 4.39 Å². The number of ketones is 1. The number of Topliss-reactive ketones (excluding diaryl/α,β-unsaturated/α-hetero) is 1. The second-order valence-corrected chi connectivity index (χ2v) is 17.5. The van der Waals surface area contributed by atoms with E-state index in [4.69, 9.17) is 18.9 Å². The molecule has 9 aliphatic rings. The number of rotatable bonds is 10. The molecule has 5 saturated heterocycles. The number of amides is 2. The van der Waals surface area contributed by atoms with Crippen LogP contribution in [0.25, 0.3) is 0 Å². The monoisotopic (exact) mass is 756 g/mol. The first kappa shape index (κ1) is 37.4. The third-order valence-corrected chi connectivity index (χ3v) is 14.5. The van der Waals surface area contributed by atoms with Crippen LogP contribution >= 0.6 is 0 Å². The molecule has 0 bridgehead atoms. The van der Waals surface area contributed by atoms with Crippen molar-refractivity contribution >= 4 is 17.6 Å². The molecule has 14 heteroatoms. The molecule has 0 spiro atoms. The molecule has 8 fully saturated rings. The Bertz CT molecular complexity index is 1410. The molecule has 6 aliphatic heterocycles. The summed E-state index contributed by atoms with van der Waals surface area (Å²) in [5.41, 5.74) is 0.150. The van der Waals surface area contributed by atoms with Gasteiger partial charge in [0.1, 0.15) is 6.17 Å². The van der Waals surface area contributed by atoms with E-state index in [-0.39, 0.29) is 59.9 Å². The van der Waals surface area contributed by atoms with Crippen LogP contribution in [0.4, 0.5) is 4.39 Å². The summed E-state index contributed by atoms with van der Waals surface area (Å²) in [6.45, 7) is 9.62. The number of nitrogens with zero attached hydrogens (tertiary/aromatic N) is 4. The minimum Gasteiger partial charge on any atom is -0.379 e. The Labute approximate surface area is 318 Å². The first-order valence-electron chi connectivity index (χ1n) is 21.3. The second-order valence-electron chi connectivity index (χ2n) is 17.5. The Hall–Kier alpha value is -2.20. The van der Waals surface area contributed by atoms with E-state index < -0.39 is 24.2 Å². The normalized spacial score (nSPS) is 41.3. The lowest BCUT2D eigenvalue weighted by Gasteiger charge is -2.61. The zero-order valence-corrected chi connectivity index (χ0v) is 31.8. The minimum atomic E-state index is -1.29. The van der Waals surface area contributed by atoms with Crippen LogP contribution in [-0.2, 0) is 33.3 Å². The summed E-state index contributed by atoms with van der Waals surface area (Å²) in [6, 6.07) is -0.973. The highest BCUT2D eigenvalue weighted by molar-refractivity contribution is 6.20. The number of ether oxygens (including phenoxy) is 4. The van der Waals surface area contributed by atoms with Crippen LogP contribution < -0.4 is 10.6 Å². The van der Waals surface area contributed by atoms with Gasteiger partial charge in [-0.1, -0.05) is 12.8 Å². The Kier molecular flexibility index (Phi) is 11.3. The molecule has 6 heterocycles. The van der Waals surface area contributed by atoms with Gasteiger partial charge in [0, 0.05) is 76.9 Å². The van der Waals surface area contributed by atoms with Gasteiger partial charge < -0.3 is 34.5 Å². The van der Waals surface area contributed by atoms with E-state index in [1.807, 2.05) is 6.20 Å². The zero-order chi connectivity index (χ0) is 36.8. The molecule has 0 aromatic carbocycles. The maximum atomic E-state index is 16.8. The van der Waals surface area contributed by atoms with Gasteiger partial charge in [0.05, 0.1) is 74.5 Å². The Morgan fingerprint density at radius 1 is 0.815 bits per heavy atom. The molecule has 54 heavy (non-hydrogen) atoms. The van der Waals surface area contributed by atoms with Crippen molar-refractivity contribution in [2.24, 2.45) is 17.8 Å². The molecule has 9 rings (SSSR count). The number of alkyl halides is 1. The fraction of sp³-hybridized carbons (Fsp3) is 0.875. The number of carbonyl (C=O) groups is 3. The van der Waals surface area contributed by atoms with E-state index in [1.165, 1.54) is 19.3 Å². The van der Waals surface area contributed by atoms with Crippen molar-refractivity contribution in [3.8, 4) is 0 Å². The van der Waals surface area contributed by atoms with Crippen molar-refractivity contribution in [2.45, 2.75) is 119 Å². The van der Waals surface area contributed by atoms with Crippen molar-refractivity contribution in [1.29, 1.82) is 0 Å². The highest BCUT2D eigenvalue weighted by atomic mass is 19.1. The van der Waals surface area contributed by atoms with Crippen molar-refractivity contribution in [2.75, 3.05) is 85.3 Å². The summed E-state index contributed by atoms with van der Waals surface area (Å²) in [6.07, 6.45) is 8.76. The van der Waals surface area contributed by atoms with Crippen LogP contribution in [0.5, 0.6) is 0 Å². The number of fused-ring (bicyclic) bond motifs is 5. The summed E-state index contributed by atoms with van der Waals surface area (Å²) in [4.78, 5) is 50.1. The maximum Gasteiger partial charge on any atom is 0.256 e. The smallest absolute Gasteiger partial charge is 0.256 e. The number of hydrogen-bond donors (Lipinski definition) is 2. The highest BCUT2D eigenvalue weighted by Crippen LogP contribution is 2.53. The van der Waals surface area contributed by atoms with Crippen molar-refractivity contribution in [1.82, 2.24) is 30.2 Å². The molecule has 2 amide bonds. The number of nitrogens with one attached hydrogen (secondary N) is 2. The molecule has 3 saturated carbocycles. The van der Waals surface area contributed by atoms with Gasteiger partial charge in [0.25, 0.3) is 5.91 Å². The van der Waals surface area contributed by atoms with Gasteiger partial charge >= 0.3 is 0 Å². The van der Waals surface area contributed by atoms with Gasteiger partial charge in [-0.15, -0.1) is 0 Å².